The molecule has 1 saturated heterocycles. The molecule has 0 atom stereocenters. The average molecular weight is 1390 g/mol. The second-order valence-electron chi connectivity index (χ2n) is 19.8. The fourth-order valence-corrected chi connectivity index (χ4v) is 7.47. The molecule has 0 bridgehead atoms. The standard InChI is InChI=1S/C62H111N3O31/c1-72-10-11-74-14-15-76-18-19-78-22-23-80-26-27-82-30-31-84-34-35-86-38-39-88-42-43-90-46-47-92-50-51-94-54-55-95-53-52-93-49-48-91-45-44-89-41-40-87-37-36-85-33-32-83-29-28-81-25-24-79-21-20-77-17-16-75-13-12-73-9-8-63(61(70)56-64-57(66)2-3-58(64)67)7-6-62(71)96-65-59(68)4-5-60(65)69/h2-3H,4-56H2,1H3. The lowest BCUT2D eigenvalue weighted by Gasteiger charge is -2.25. The molecule has 0 aromatic carbocycles. The summed E-state index contributed by atoms with van der Waals surface area (Å²) < 4.78 is 131. The van der Waals surface area contributed by atoms with Crippen LogP contribution in [-0.2, 0) is 147 Å². The van der Waals surface area contributed by atoms with Crippen molar-refractivity contribution in [3.05, 3.63) is 12.2 Å². The van der Waals surface area contributed by atoms with Crippen LogP contribution in [0.4, 0.5) is 0 Å². The van der Waals surface area contributed by atoms with Crippen molar-refractivity contribution in [3.8, 4) is 0 Å². The molecule has 0 radical (unpaired) electrons. The highest BCUT2D eigenvalue weighted by Crippen LogP contribution is 2.13. The Morgan fingerprint density at radius 1 is 0.302 bits per heavy atom. The van der Waals surface area contributed by atoms with Crippen molar-refractivity contribution < 1.29 is 147 Å². The summed E-state index contributed by atoms with van der Waals surface area (Å²) in [6.45, 7) is 20.3. The predicted octanol–water partition coefficient (Wildman–Crippen LogP) is -1.23. The van der Waals surface area contributed by atoms with Gasteiger partial charge in [-0.1, -0.05) is 0 Å². The van der Waals surface area contributed by atoms with Crippen LogP contribution in [-0.4, -0.2) is 388 Å². The summed E-state index contributed by atoms with van der Waals surface area (Å²) in [5, 5.41) is 0.419. The number of imide groups is 2. The van der Waals surface area contributed by atoms with Crippen LogP contribution in [0.2, 0.25) is 0 Å². The minimum Gasteiger partial charge on any atom is -0.382 e. The van der Waals surface area contributed by atoms with Crippen LogP contribution >= 0.6 is 0 Å². The molecule has 34 nitrogen and oxygen atoms in total. The second kappa shape index (κ2) is 69.5. The second-order valence-corrected chi connectivity index (χ2v) is 19.8. The van der Waals surface area contributed by atoms with Gasteiger partial charge in [-0.05, 0) is 0 Å². The molecule has 1 fully saturated rings. The first-order valence-electron chi connectivity index (χ1n) is 33.0. The number of carbonyl (C=O) groups excluding carboxylic acids is 6. The largest absolute Gasteiger partial charge is 0.382 e. The van der Waals surface area contributed by atoms with E-state index < -0.39 is 42.0 Å². The van der Waals surface area contributed by atoms with E-state index in [-0.39, 0.29) is 52.2 Å². The summed E-state index contributed by atoms with van der Waals surface area (Å²) in [5.74, 6) is -4.04. The molecule has 0 N–H and O–H groups in total. The van der Waals surface area contributed by atoms with Gasteiger partial charge in [-0.15, -0.1) is 5.06 Å². The first kappa shape index (κ1) is 88.1. The fourth-order valence-electron chi connectivity index (χ4n) is 7.47. The van der Waals surface area contributed by atoms with Gasteiger partial charge in [0, 0.05) is 45.2 Å². The Kier molecular flexibility index (Phi) is 63.8. The number of amides is 5. The quantitative estimate of drug-likeness (QED) is 0.0508. The van der Waals surface area contributed by atoms with Gasteiger partial charge in [0.25, 0.3) is 23.6 Å². The van der Waals surface area contributed by atoms with E-state index in [1.165, 1.54) is 4.90 Å². The lowest BCUT2D eigenvalue weighted by Crippen LogP contribution is -2.45. The van der Waals surface area contributed by atoms with Crippen LogP contribution in [0.5, 0.6) is 0 Å². The lowest BCUT2D eigenvalue weighted by atomic mass is 10.3. The third-order valence-electron chi connectivity index (χ3n) is 12.5. The molecule has 34 heteroatoms. The molecule has 0 spiro atoms. The summed E-state index contributed by atoms with van der Waals surface area (Å²) in [5.41, 5.74) is 0. The zero-order valence-electron chi connectivity index (χ0n) is 56.6. The summed E-state index contributed by atoms with van der Waals surface area (Å²) in [6, 6.07) is 0. The van der Waals surface area contributed by atoms with Crippen LogP contribution in [0.1, 0.15) is 19.3 Å². The number of rotatable bonds is 78. The van der Waals surface area contributed by atoms with Gasteiger partial charge < -0.3 is 123 Å². The highest BCUT2D eigenvalue weighted by atomic mass is 16.7. The van der Waals surface area contributed by atoms with E-state index in [0.29, 0.717) is 296 Å². The molecular weight excluding hydrogens is 1280 g/mol. The topological polar surface area (TPSA) is 343 Å². The van der Waals surface area contributed by atoms with Gasteiger partial charge in [-0.2, -0.15) is 0 Å². The van der Waals surface area contributed by atoms with Crippen molar-refractivity contribution in [2.75, 3.05) is 337 Å². The van der Waals surface area contributed by atoms with Crippen molar-refractivity contribution in [1.29, 1.82) is 0 Å². The highest BCUT2D eigenvalue weighted by molar-refractivity contribution is 6.14. The number of hydrogen-bond donors (Lipinski definition) is 0. The smallest absolute Gasteiger partial charge is 0.334 e. The normalized spacial score (nSPS) is 13.3. The van der Waals surface area contributed by atoms with Crippen LogP contribution in [0.15, 0.2) is 12.2 Å². The van der Waals surface area contributed by atoms with Gasteiger partial charge in [0.1, 0.15) is 6.54 Å². The Hall–Kier alpha value is -4.00. The number of hydroxylamine groups is 2. The van der Waals surface area contributed by atoms with Crippen LogP contribution in [0.25, 0.3) is 0 Å². The molecule has 0 aromatic heterocycles. The van der Waals surface area contributed by atoms with Gasteiger partial charge in [0.2, 0.25) is 5.91 Å². The number of hydrogen-bond acceptors (Lipinski definition) is 31. The van der Waals surface area contributed by atoms with Crippen molar-refractivity contribution in [2.45, 2.75) is 19.3 Å². The van der Waals surface area contributed by atoms with Gasteiger partial charge in [-0.25, -0.2) is 4.79 Å². The van der Waals surface area contributed by atoms with E-state index in [9.17, 15) is 28.8 Å². The SMILES string of the molecule is COCCOCCOCCOCCOCCOCCOCCOCCOCCOCCOCCOCCOCCOCCOCCOCCOCCOCCOCCOCCOCCOCCOCCOCCN(CCC(=O)ON1C(=O)CCC1=O)C(=O)CN1C(=O)C=CC1=O. The molecule has 2 aliphatic rings. The molecule has 0 aromatic rings. The Bertz CT molecular complexity index is 1830. The maximum absolute atomic E-state index is 13.0. The minimum absolute atomic E-state index is 0.0158. The monoisotopic (exact) mass is 1390 g/mol. The van der Waals surface area contributed by atoms with E-state index in [2.05, 4.69) is 0 Å². The molecule has 5 amide bonds. The molecule has 560 valence electrons. The Morgan fingerprint density at radius 3 is 0.708 bits per heavy atom. The van der Waals surface area contributed by atoms with Crippen LogP contribution in [0.3, 0.4) is 0 Å². The molecule has 2 aliphatic heterocycles. The van der Waals surface area contributed by atoms with Gasteiger partial charge >= 0.3 is 5.97 Å². The molecule has 0 unspecified atom stereocenters. The number of carbonyl (C=O) groups is 6. The summed E-state index contributed by atoms with van der Waals surface area (Å²) in [4.78, 5) is 79.6. The van der Waals surface area contributed by atoms with Crippen molar-refractivity contribution in [2.24, 2.45) is 0 Å². The van der Waals surface area contributed by atoms with E-state index in [1.807, 2.05) is 0 Å². The van der Waals surface area contributed by atoms with Crippen molar-refractivity contribution in [3.63, 3.8) is 0 Å². The number of ether oxygens (including phenoxy) is 24. The Balaban J connectivity index is 1.16. The van der Waals surface area contributed by atoms with E-state index in [0.717, 1.165) is 17.1 Å². The van der Waals surface area contributed by atoms with E-state index >= 15 is 0 Å². The average Bonchev–Trinajstić information content (AvgIpc) is 1.94. The summed E-state index contributed by atoms with van der Waals surface area (Å²) in [6.07, 6.45) is 1.64. The number of methoxy groups -OCH3 is 1. The molecule has 0 aliphatic carbocycles. The highest BCUT2D eigenvalue weighted by Gasteiger charge is 2.33. The third kappa shape index (κ3) is 56.8. The number of nitrogens with zero attached hydrogens (tertiary/aromatic N) is 3. The summed E-state index contributed by atoms with van der Waals surface area (Å²) in [7, 11) is 1.64. The first-order valence-corrected chi connectivity index (χ1v) is 33.0. The Morgan fingerprint density at radius 2 is 0.500 bits per heavy atom. The maximum atomic E-state index is 13.0. The third-order valence-corrected chi connectivity index (χ3v) is 12.5. The first-order chi connectivity index (χ1) is 47.3. The van der Waals surface area contributed by atoms with Crippen LogP contribution < -0.4 is 0 Å². The lowest BCUT2D eigenvalue weighted by molar-refractivity contribution is -0.197. The predicted molar refractivity (Wildman–Crippen MR) is 335 cm³/mol. The maximum Gasteiger partial charge on any atom is 0.334 e. The molecule has 2 heterocycles. The van der Waals surface area contributed by atoms with Crippen molar-refractivity contribution >= 4 is 35.5 Å². The van der Waals surface area contributed by atoms with E-state index in [1.54, 1.807) is 7.11 Å². The van der Waals surface area contributed by atoms with Gasteiger partial charge in [-0.3, -0.25) is 28.9 Å². The molecular formula is C62H111N3O31. The van der Waals surface area contributed by atoms with E-state index in [4.69, 9.17) is 119 Å². The Labute approximate surface area is 564 Å². The zero-order chi connectivity index (χ0) is 68.8. The fraction of sp³-hybridized carbons (Fsp3) is 0.871. The van der Waals surface area contributed by atoms with Gasteiger partial charge in [0.05, 0.1) is 317 Å². The molecule has 0 saturated carbocycles. The van der Waals surface area contributed by atoms with Gasteiger partial charge in [0.15, 0.2) is 0 Å². The molecule has 2 rings (SSSR count). The minimum atomic E-state index is -0.901. The summed E-state index contributed by atoms with van der Waals surface area (Å²) >= 11 is 0. The zero-order valence-corrected chi connectivity index (χ0v) is 56.6. The molecule has 96 heavy (non-hydrogen) atoms. The van der Waals surface area contributed by atoms with Crippen LogP contribution in [0, 0.1) is 0 Å². The van der Waals surface area contributed by atoms with Crippen molar-refractivity contribution in [1.82, 2.24) is 14.9 Å².